The van der Waals surface area contributed by atoms with E-state index in [1.807, 2.05) is 48.5 Å². The van der Waals surface area contributed by atoms with Gasteiger partial charge in [-0.25, -0.2) is 4.79 Å². The normalized spacial score (nSPS) is 10.3. The number of methoxy groups -OCH3 is 1. The number of hydrogen-bond donors (Lipinski definition) is 0. The predicted octanol–water partition coefficient (Wildman–Crippen LogP) is 3.83. The molecule has 0 atom stereocenters. The Morgan fingerprint density at radius 3 is 2.35 bits per heavy atom. The molecule has 0 saturated heterocycles. The standard InChI is InChI=1S/C19H16O4/c1-21-17-8-4-5-9-18(17)23-19(20)13-22-16-11-10-14-6-2-3-7-15(14)12-16/h2-12H,13H2,1H3. The van der Waals surface area contributed by atoms with Crippen LogP contribution in [0.1, 0.15) is 0 Å². The van der Waals surface area contributed by atoms with Crippen LogP contribution in [0.15, 0.2) is 66.7 Å². The number of fused-ring (bicyclic) bond motifs is 1. The van der Waals surface area contributed by atoms with Crippen LogP contribution in [0.2, 0.25) is 0 Å². The number of para-hydroxylation sites is 2. The second-order valence-electron chi connectivity index (χ2n) is 4.92. The Morgan fingerprint density at radius 1 is 0.870 bits per heavy atom. The van der Waals surface area contributed by atoms with E-state index in [2.05, 4.69) is 0 Å². The van der Waals surface area contributed by atoms with Crippen LogP contribution >= 0.6 is 0 Å². The molecular formula is C19H16O4. The zero-order valence-corrected chi connectivity index (χ0v) is 12.7. The fraction of sp³-hybridized carbons (Fsp3) is 0.105. The average Bonchev–Trinajstić information content (AvgIpc) is 2.60. The minimum Gasteiger partial charge on any atom is -0.493 e. The molecule has 3 aromatic carbocycles. The van der Waals surface area contributed by atoms with Gasteiger partial charge in [-0.3, -0.25) is 0 Å². The van der Waals surface area contributed by atoms with E-state index in [0.29, 0.717) is 17.2 Å². The maximum Gasteiger partial charge on any atom is 0.349 e. The Hall–Kier alpha value is -3.01. The van der Waals surface area contributed by atoms with E-state index in [9.17, 15) is 4.79 Å². The lowest BCUT2D eigenvalue weighted by molar-refractivity contribution is -0.136. The summed E-state index contributed by atoms with van der Waals surface area (Å²) in [6.45, 7) is -0.170. The molecule has 0 aliphatic heterocycles. The Kier molecular flexibility index (Phi) is 4.43. The van der Waals surface area contributed by atoms with Crippen LogP contribution in [0, 0.1) is 0 Å². The van der Waals surface area contributed by atoms with Gasteiger partial charge in [0.05, 0.1) is 7.11 Å². The summed E-state index contributed by atoms with van der Waals surface area (Å²) in [4.78, 5) is 11.9. The number of ether oxygens (including phenoxy) is 3. The summed E-state index contributed by atoms with van der Waals surface area (Å²) >= 11 is 0. The van der Waals surface area contributed by atoms with Crippen LogP contribution in [0.5, 0.6) is 17.2 Å². The highest BCUT2D eigenvalue weighted by atomic mass is 16.6. The molecule has 0 amide bonds. The summed E-state index contributed by atoms with van der Waals surface area (Å²) in [6, 6.07) is 20.6. The molecule has 0 fully saturated rings. The molecule has 0 heterocycles. The van der Waals surface area contributed by atoms with Crippen LogP contribution in [0.4, 0.5) is 0 Å². The van der Waals surface area contributed by atoms with Gasteiger partial charge in [-0.1, -0.05) is 42.5 Å². The first-order valence-electron chi connectivity index (χ1n) is 7.21. The zero-order valence-electron chi connectivity index (χ0n) is 12.7. The maximum atomic E-state index is 11.9. The third kappa shape index (κ3) is 3.61. The van der Waals surface area contributed by atoms with Crippen LogP contribution < -0.4 is 14.2 Å². The summed E-state index contributed by atoms with van der Waals surface area (Å²) in [6.07, 6.45) is 0. The third-order valence-corrected chi connectivity index (χ3v) is 3.37. The molecule has 4 nitrogen and oxygen atoms in total. The van der Waals surface area contributed by atoms with Crippen LogP contribution in [-0.2, 0) is 4.79 Å². The number of esters is 1. The molecule has 0 saturated carbocycles. The van der Waals surface area contributed by atoms with E-state index >= 15 is 0 Å². The number of carbonyl (C=O) groups excluding carboxylic acids is 1. The van der Waals surface area contributed by atoms with E-state index in [4.69, 9.17) is 14.2 Å². The van der Waals surface area contributed by atoms with Crippen LogP contribution in [-0.4, -0.2) is 19.7 Å². The smallest absolute Gasteiger partial charge is 0.349 e. The van der Waals surface area contributed by atoms with Crippen molar-refractivity contribution in [3.8, 4) is 17.2 Å². The predicted molar refractivity (Wildman–Crippen MR) is 88.1 cm³/mol. The van der Waals surface area contributed by atoms with Crippen molar-refractivity contribution in [3.63, 3.8) is 0 Å². The van der Waals surface area contributed by atoms with Crippen LogP contribution in [0.25, 0.3) is 10.8 Å². The van der Waals surface area contributed by atoms with E-state index in [1.54, 1.807) is 18.2 Å². The van der Waals surface area contributed by atoms with Gasteiger partial charge in [-0.05, 0) is 35.0 Å². The van der Waals surface area contributed by atoms with Crippen molar-refractivity contribution < 1.29 is 19.0 Å². The average molecular weight is 308 g/mol. The largest absolute Gasteiger partial charge is 0.493 e. The molecule has 0 spiro atoms. The fourth-order valence-corrected chi connectivity index (χ4v) is 2.25. The first kappa shape index (κ1) is 14.9. The molecule has 4 heteroatoms. The summed E-state index contributed by atoms with van der Waals surface area (Å²) in [7, 11) is 1.53. The molecule has 116 valence electrons. The van der Waals surface area contributed by atoms with Gasteiger partial charge in [0.1, 0.15) is 5.75 Å². The van der Waals surface area contributed by atoms with Crippen molar-refractivity contribution in [2.45, 2.75) is 0 Å². The van der Waals surface area contributed by atoms with Crippen molar-refractivity contribution in [1.29, 1.82) is 0 Å². The summed E-state index contributed by atoms with van der Waals surface area (Å²) in [5, 5.41) is 2.18. The lowest BCUT2D eigenvalue weighted by Crippen LogP contribution is -2.18. The zero-order chi connectivity index (χ0) is 16.1. The van der Waals surface area contributed by atoms with Gasteiger partial charge in [0, 0.05) is 0 Å². The summed E-state index contributed by atoms with van der Waals surface area (Å²) in [5.74, 6) is 1.03. The van der Waals surface area contributed by atoms with E-state index in [1.165, 1.54) is 7.11 Å². The Bertz CT molecular complexity index is 826. The van der Waals surface area contributed by atoms with Gasteiger partial charge in [0.15, 0.2) is 18.1 Å². The van der Waals surface area contributed by atoms with Gasteiger partial charge in [-0.15, -0.1) is 0 Å². The molecular weight excluding hydrogens is 292 g/mol. The lowest BCUT2D eigenvalue weighted by Gasteiger charge is -2.10. The van der Waals surface area contributed by atoms with E-state index in [0.717, 1.165) is 10.8 Å². The highest BCUT2D eigenvalue weighted by Crippen LogP contribution is 2.26. The highest BCUT2D eigenvalue weighted by Gasteiger charge is 2.10. The van der Waals surface area contributed by atoms with Crippen molar-refractivity contribution in [2.75, 3.05) is 13.7 Å². The second kappa shape index (κ2) is 6.83. The monoisotopic (exact) mass is 308 g/mol. The molecule has 0 radical (unpaired) electrons. The quantitative estimate of drug-likeness (QED) is 0.531. The number of rotatable bonds is 5. The molecule has 3 aromatic rings. The van der Waals surface area contributed by atoms with E-state index in [-0.39, 0.29) is 6.61 Å². The third-order valence-electron chi connectivity index (χ3n) is 3.37. The number of hydrogen-bond acceptors (Lipinski definition) is 4. The molecule has 0 aliphatic rings. The van der Waals surface area contributed by atoms with Crippen LogP contribution in [0.3, 0.4) is 0 Å². The van der Waals surface area contributed by atoms with Gasteiger partial charge < -0.3 is 14.2 Å². The van der Waals surface area contributed by atoms with Crippen molar-refractivity contribution >= 4 is 16.7 Å². The molecule has 3 rings (SSSR count). The first-order valence-corrected chi connectivity index (χ1v) is 7.21. The molecule has 0 N–H and O–H groups in total. The van der Waals surface area contributed by atoms with Gasteiger partial charge in [0.2, 0.25) is 0 Å². The SMILES string of the molecule is COc1ccccc1OC(=O)COc1ccc2ccccc2c1. The van der Waals surface area contributed by atoms with Gasteiger partial charge in [-0.2, -0.15) is 0 Å². The highest BCUT2D eigenvalue weighted by molar-refractivity contribution is 5.84. The van der Waals surface area contributed by atoms with Gasteiger partial charge in [0.25, 0.3) is 0 Å². The van der Waals surface area contributed by atoms with Crippen molar-refractivity contribution in [2.24, 2.45) is 0 Å². The van der Waals surface area contributed by atoms with E-state index < -0.39 is 5.97 Å². The number of carbonyl (C=O) groups is 1. The van der Waals surface area contributed by atoms with Gasteiger partial charge >= 0.3 is 5.97 Å². The first-order chi connectivity index (χ1) is 11.3. The second-order valence-corrected chi connectivity index (χ2v) is 4.92. The Labute approximate surface area is 134 Å². The molecule has 0 aromatic heterocycles. The maximum absolute atomic E-state index is 11.9. The molecule has 23 heavy (non-hydrogen) atoms. The van der Waals surface area contributed by atoms with Crippen molar-refractivity contribution in [3.05, 3.63) is 66.7 Å². The Balaban J connectivity index is 1.63. The minimum absolute atomic E-state index is 0.170. The molecule has 0 bridgehead atoms. The minimum atomic E-state index is -0.484. The lowest BCUT2D eigenvalue weighted by atomic mass is 10.1. The number of benzene rings is 3. The topological polar surface area (TPSA) is 44.8 Å². The molecule has 0 unspecified atom stereocenters. The Morgan fingerprint density at radius 2 is 1.57 bits per heavy atom. The molecule has 0 aliphatic carbocycles. The fourth-order valence-electron chi connectivity index (χ4n) is 2.25. The van der Waals surface area contributed by atoms with Crippen molar-refractivity contribution in [1.82, 2.24) is 0 Å². The summed E-state index contributed by atoms with van der Waals surface area (Å²) < 4.78 is 15.9. The summed E-state index contributed by atoms with van der Waals surface area (Å²) in [5.41, 5.74) is 0.